The molecule has 4 aromatic rings. The number of hydrogen-bond acceptors (Lipinski definition) is 8. The first-order valence-corrected chi connectivity index (χ1v) is 11.7. The number of esters is 1. The maximum absolute atomic E-state index is 11.8. The van der Waals surface area contributed by atoms with E-state index in [9.17, 15) is 10.1 Å². The molecule has 0 aliphatic carbocycles. The van der Waals surface area contributed by atoms with Crippen molar-refractivity contribution in [3.63, 3.8) is 0 Å². The Morgan fingerprint density at radius 1 is 1.23 bits per heavy atom. The van der Waals surface area contributed by atoms with Gasteiger partial charge in [-0.3, -0.25) is 4.68 Å². The van der Waals surface area contributed by atoms with Crippen LogP contribution in [0.1, 0.15) is 42.4 Å². The number of hydrogen-bond donors (Lipinski definition) is 0. The summed E-state index contributed by atoms with van der Waals surface area (Å²) in [7, 11) is 0. The Bertz CT molecular complexity index is 1400. The number of rotatable bonds is 8. The molecule has 0 aliphatic heterocycles. The molecule has 35 heavy (non-hydrogen) atoms. The minimum atomic E-state index is -0.445. The Kier molecular flexibility index (Phi) is 7.27. The Hall–Kier alpha value is -3.97. The first-order valence-electron chi connectivity index (χ1n) is 10.9. The van der Waals surface area contributed by atoms with E-state index in [1.54, 1.807) is 42.1 Å². The molecule has 0 saturated heterocycles. The second-order valence-corrected chi connectivity index (χ2v) is 8.70. The normalized spacial score (nSPS) is 10.9. The lowest BCUT2D eigenvalue weighted by molar-refractivity contribution is 0.0518. The largest absolute Gasteiger partial charge is 0.490 e. The SMILES string of the molecule is CCOC(=O)c1ccn(Cc2ccc(-c3noc(-c4ccc(OC(C)C)c(C#N)c4)n3)c(Br)c2)n1. The van der Waals surface area contributed by atoms with E-state index in [0.29, 0.717) is 41.7 Å². The van der Waals surface area contributed by atoms with Crippen molar-refractivity contribution in [2.75, 3.05) is 6.61 Å². The van der Waals surface area contributed by atoms with Crippen LogP contribution in [0.3, 0.4) is 0 Å². The van der Waals surface area contributed by atoms with Gasteiger partial charge in [-0.1, -0.05) is 27.2 Å². The maximum atomic E-state index is 11.8. The molecule has 0 radical (unpaired) electrons. The highest BCUT2D eigenvalue weighted by molar-refractivity contribution is 9.10. The molecular formula is C25H22BrN5O4. The number of halogens is 1. The Morgan fingerprint density at radius 3 is 2.77 bits per heavy atom. The molecule has 0 amide bonds. The highest BCUT2D eigenvalue weighted by atomic mass is 79.9. The van der Waals surface area contributed by atoms with Crippen molar-refractivity contribution in [1.29, 1.82) is 5.26 Å². The van der Waals surface area contributed by atoms with Crippen LogP contribution in [0.4, 0.5) is 0 Å². The summed E-state index contributed by atoms with van der Waals surface area (Å²) in [4.78, 5) is 16.3. The summed E-state index contributed by atoms with van der Waals surface area (Å²) in [5.41, 5.74) is 3.00. The number of nitriles is 1. The minimum Gasteiger partial charge on any atom is -0.490 e. The first kappa shape index (κ1) is 24.2. The number of benzene rings is 2. The van der Waals surface area contributed by atoms with Crippen molar-refractivity contribution in [3.05, 3.63) is 70.0 Å². The van der Waals surface area contributed by atoms with Crippen molar-refractivity contribution in [2.45, 2.75) is 33.4 Å². The molecule has 0 N–H and O–H groups in total. The molecule has 0 saturated carbocycles. The zero-order chi connectivity index (χ0) is 24.9. The van der Waals surface area contributed by atoms with Crippen LogP contribution < -0.4 is 4.74 Å². The predicted octanol–water partition coefficient (Wildman–Crippen LogP) is 5.25. The Labute approximate surface area is 210 Å². The molecule has 4 rings (SSSR count). The van der Waals surface area contributed by atoms with E-state index in [0.717, 1.165) is 15.6 Å². The van der Waals surface area contributed by atoms with Gasteiger partial charge < -0.3 is 14.0 Å². The topological polar surface area (TPSA) is 116 Å². The standard InChI is InChI=1S/C25H22BrN5O4/c1-4-33-25(32)21-9-10-31(29-21)14-16-5-7-19(20(26)11-16)23-28-24(35-30-23)17-6-8-22(34-15(2)3)18(12-17)13-27/h5-12,15H,4,14H2,1-3H3. The van der Waals surface area contributed by atoms with Gasteiger partial charge in [0, 0.05) is 21.8 Å². The van der Waals surface area contributed by atoms with Crippen molar-refractivity contribution in [2.24, 2.45) is 0 Å². The van der Waals surface area contributed by atoms with Crippen LogP contribution in [-0.2, 0) is 11.3 Å². The van der Waals surface area contributed by atoms with Crippen LogP contribution in [0, 0.1) is 11.3 Å². The number of nitrogens with zero attached hydrogens (tertiary/aromatic N) is 5. The second kappa shape index (κ2) is 10.5. The summed E-state index contributed by atoms with van der Waals surface area (Å²) >= 11 is 3.58. The molecule has 2 aromatic heterocycles. The van der Waals surface area contributed by atoms with Gasteiger partial charge in [-0.25, -0.2) is 4.79 Å². The summed E-state index contributed by atoms with van der Waals surface area (Å²) in [5, 5.41) is 17.8. The zero-order valence-corrected chi connectivity index (χ0v) is 20.9. The van der Waals surface area contributed by atoms with Gasteiger partial charge in [0.05, 0.1) is 24.8 Å². The molecule has 9 nitrogen and oxygen atoms in total. The molecule has 0 bridgehead atoms. The third kappa shape index (κ3) is 5.58. The second-order valence-electron chi connectivity index (χ2n) is 7.85. The number of aromatic nitrogens is 4. The van der Waals surface area contributed by atoms with Crippen molar-refractivity contribution < 1.29 is 18.8 Å². The van der Waals surface area contributed by atoms with Crippen LogP contribution in [0.5, 0.6) is 5.75 Å². The van der Waals surface area contributed by atoms with Crippen LogP contribution in [0.2, 0.25) is 0 Å². The van der Waals surface area contributed by atoms with Crippen molar-refractivity contribution >= 4 is 21.9 Å². The molecule has 178 valence electrons. The number of carbonyl (C=O) groups is 1. The molecule has 2 heterocycles. The summed E-state index contributed by atoms with van der Waals surface area (Å²) in [6.07, 6.45) is 1.68. The van der Waals surface area contributed by atoms with Gasteiger partial charge in [0.1, 0.15) is 11.8 Å². The zero-order valence-electron chi connectivity index (χ0n) is 19.4. The van der Waals surface area contributed by atoms with Gasteiger partial charge in [0.2, 0.25) is 5.82 Å². The predicted molar refractivity (Wildman–Crippen MR) is 131 cm³/mol. The van der Waals surface area contributed by atoms with Crippen molar-refractivity contribution in [3.8, 4) is 34.7 Å². The first-order chi connectivity index (χ1) is 16.9. The van der Waals surface area contributed by atoms with E-state index in [1.807, 2.05) is 32.0 Å². The number of ether oxygens (including phenoxy) is 2. The molecule has 0 spiro atoms. The van der Waals surface area contributed by atoms with Crippen LogP contribution >= 0.6 is 15.9 Å². The molecule has 0 aliphatic rings. The summed E-state index contributed by atoms with van der Waals surface area (Å²) < 4.78 is 18.6. The van der Waals surface area contributed by atoms with Gasteiger partial charge >= 0.3 is 5.97 Å². The van der Waals surface area contributed by atoms with Gasteiger partial charge in [-0.05, 0) is 62.7 Å². The smallest absolute Gasteiger partial charge is 0.358 e. The van der Waals surface area contributed by atoms with E-state index >= 15 is 0 Å². The van der Waals surface area contributed by atoms with E-state index in [2.05, 4.69) is 37.2 Å². The minimum absolute atomic E-state index is 0.0452. The fourth-order valence-corrected chi connectivity index (χ4v) is 3.95. The highest BCUT2D eigenvalue weighted by Crippen LogP contribution is 2.31. The fraction of sp³-hybridized carbons (Fsp3) is 0.240. The lowest BCUT2D eigenvalue weighted by Gasteiger charge is -2.11. The lowest BCUT2D eigenvalue weighted by atomic mass is 10.1. The lowest BCUT2D eigenvalue weighted by Crippen LogP contribution is -2.07. The van der Waals surface area contributed by atoms with E-state index in [4.69, 9.17) is 14.0 Å². The average molecular weight is 536 g/mol. The van der Waals surface area contributed by atoms with E-state index < -0.39 is 5.97 Å². The Morgan fingerprint density at radius 2 is 2.06 bits per heavy atom. The van der Waals surface area contributed by atoms with Crippen molar-refractivity contribution in [1.82, 2.24) is 19.9 Å². The molecular weight excluding hydrogens is 514 g/mol. The van der Waals surface area contributed by atoms with Crippen LogP contribution in [0.15, 0.2) is 57.7 Å². The summed E-state index contributed by atoms with van der Waals surface area (Å²) in [6.45, 7) is 6.33. The van der Waals surface area contributed by atoms with Gasteiger partial charge in [0.15, 0.2) is 5.69 Å². The third-order valence-electron chi connectivity index (χ3n) is 4.88. The monoisotopic (exact) mass is 535 g/mol. The quantitative estimate of drug-likeness (QED) is 0.281. The Balaban J connectivity index is 1.52. The van der Waals surface area contributed by atoms with Gasteiger partial charge in [-0.2, -0.15) is 15.3 Å². The number of carbonyl (C=O) groups excluding carboxylic acids is 1. The maximum Gasteiger partial charge on any atom is 0.358 e. The summed E-state index contributed by atoms with van der Waals surface area (Å²) in [6, 6.07) is 14.7. The third-order valence-corrected chi connectivity index (χ3v) is 5.54. The molecule has 0 unspecified atom stereocenters. The fourth-order valence-electron chi connectivity index (χ4n) is 3.35. The van der Waals surface area contributed by atoms with Crippen LogP contribution in [-0.4, -0.2) is 38.6 Å². The molecule has 0 fully saturated rings. The highest BCUT2D eigenvalue weighted by Gasteiger charge is 2.16. The summed E-state index contributed by atoms with van der Waals surface area (Å²) in [5.74, 6) is 0.769. The van der Waals surface area contributed by atoms with E-state index in [-0.39, 0.29) is 11.8 Å². The molecule has 10 heteroatoms. The average Bonchev–Trinajstić information content (AvgIpc) is 3.49. The van der Waals surface area contributed by atoms with E-state index in [1.165, 1.54) is 0 Å². The van der Waals surface area contributed by atoms with Crippen LogP contribution in [0.25, 0.3) is 22.8 Å². The molecule has 0 atom stereocenters. The van der Waals surface area contributed by atoms with Gasteiger partial charge in [0.25, 0.3) is 5.89 Å². The molecule has 2 aromatic carbocycles. The van der Waals surface area contributed by atoms with Gasteiger partial charge in [-0.15, -0.1) is 0 Å².